The average Bonchev–Trinajstić information content (AvgIpc) is 3.47. The van der Waals surface area contributed by atoms with Gasteiger partial charge in [0.15, 0.2) is 11.4 Å². The van der Waals surface area contributed by atoms with Gasteiger partial charge >= 0.3 is 0 Å². The van der Waals surface area contributed by atoms with Crippen LogP contribution in [0.5, 0.6) is 11.5 Å². The number of methoxy groups -OCH3 is 2. The van der Waals surface area contributed by atoms with Crippen LogP contribution in [0, 0.1) is 0 Å². The van der Waals surface area contributed by atoms with Crippen LogP contribution in [0.2, 0.25) is 0 Å². The predicted molar refractivity (Wildman–Crippen MR) is 146 cm³/mol. The molecule has 0 bridgehead atoms. The monoisotopic (exact) mass is 577 g/mol. The molecule has 4 aromatic rings. The van der Waals surface area contributed by atoms with Gasteiger partial charge in [0.1, 0.15) is 21.8 Å². The zero-order valence-electron chi connectivity index (χ0n) is 22.5. The van der Waals surface area contributed by atoms with Gasteiger partial charge in [-0.05, 0) is 40.8 Å². The normalized spacial score (nSPS) is 12.6. The van der Waals surface area contributed by atoms with E-state index in [1.165, 1.54) is 14.2 Å². The Morgan fingerprint density at radius 1 is 1.00 bits per heavy atom. The minimum Gasteiger partial charge on any atom is -0.496 e. The van der Waals surface area contributed by atoms with E-state index in [-0.39, 0.29) is 28.4 Å². The number of anilines is 1. The second-order valence-corrected chi connectivity index (χ2v) is 13.5. The minimum absolute atomic E-state index is 0.0233. The van der Waals surface area contributed by atoms with Gasteiger partial charge in [-0.3, -0.25) is 9.40 Å². The first-order valence-corrected chi connectivity index (χ1v) is 15.2. The van der Waals surface area contributed by atoms with Crippen LogP contribution in [0.4, 0.5) is 5.82 Å². The molecule has 0 aliphatic rings. The molecule has 0 spiro atoms. The van der Waals surface area contributed by atoms with Crippen molar-refractivity contribution in [2.24, 2.45) is 0 Å². The van der Waals surface area contributed by atoms with E-state index in [1.54, 1.807) is 41.3 Å². The summed E-state index contributed by atoms with van der Waals surface area (Å²) in [6.45, 7) is 6.41. The molecule has 2 N–H and O–H groups in total. The third-order valence-electron chi connectivity index (χ3n) is 5.94. The van der Waals surface area contributed by atoms with Crippen LogP contribution in [0.3, 0.4) is 0 Å². The van der Waals surface area contributed by atoms with Crippen LogP contribution < -0.4 is 18.9 Å². The summed E-state index contributed by atoms with van der Waals surface area (Å²) >= 11 is 0. The molecule has 0 saturated carbocycles. The Kier molecular flexibility index (Phi) is 7.65. The fraction of sp³-hybridized carbons (Fsp3) is 0.360. The molecule has 0 saturated heterocycles. The van der Waals surface area contributed by atoms with Crippen molar-refractivity contribution in [3.63, 3.8) is 0 Å². The SMILES string of the molecule is COc1ccc(C(C)(C)C)cc1S(=O)(=O)Nc1noc2cc(Cn3cc(CNS(C)(=O)=O)cn3)cc(OC)c12. The molecule has 4 rings (SSSR count). The lowest BCUT2D eigenvalue weighted by molar-refractivity contribution is 0.402. The third kappa shape index (κ3) is 6.52. The molecule has 0 fully saturated rings. The number of hydrogen-bond acceptors (Lipinski definition) is 9. The molecule has 2 heterocycles. The number of nitrogens with one attached hydrogen (secondary N) is 2. The number of hydrogen-bond donors (Lipinski definition) is 2. The van der Waals surface area contributed by atoms with Gasteiger partial charge in [0.25, 0.3) is 10.0 Å². The maximum atomic E-state index is 13.5. The first kappa shape index (κ1) is 28.4. The standard InChI is InChI=1S/C25H31N5O7S2/c1-25(2,3)18-7-8-19(35-4)22(11-18)39(33,34)29-24-23-20(36-5)9-16(10-21(23)37-28-24)14-30-15-17(12-26-30)13-27-38(6,31)32/h7-12,15,27H,13-14H2,1-6H3,(H,28,29). The summed E-state index contributed by atoms with van der Waals surface area (Å²) in [7, 11) is -4.57. The van der Waals surface area contributed by atoms with Crippen LogP contribution in [0.15, 0.2) is 52.1 Å². The van der Waals surface area contributed by atoms with Crippen LogP contribution >= 0.6 is 0 Å². The van der Waals surface area contributed by atoms with Crippen LogP contribution in [0.1, 0.15) is 37.5 Å². The Bertz CT molecular complexity index is 1720. The van der Waals surface area contributed by atoms with Crippen molar-refractivity contribution in [2.45, 2.75) is 44.2 Å². The van der Waals surface area contributed by atoms with Crippen LogP contribution in [-0.4, -0.2) is 52.2 Å². The summed E-state index contributed by atoms with van der Waals surface area (Å²) in [5, 5.41) is 8.59. The molecule has 0 unspecified atom stereocenters. The minimum atomic E-state index is -4.11. The summed E-state index contributed by atoms with van der Waals surface area (Å²) in [6, 6.07) is 8.48. The molecule has 39 heavy (non-hydrogen) atoms. The van der Waals surface area contributed by atoms with Crippen LogP contribution in [0.25, 0.3) is 11.0 Å². The van der Waals surface area contributed by atoms with Crippen molar-refractivity contribution < 1.29 is 30.8 Å². The van der Waals surface area contributed by atoms with Gasteiger partial charge < -0.3 is 14.0 Å². The second kappa shape index (κ2) is 10.5. The number of nitrogens with zero attached hydrogens (tertiary/aromatic N) is 3. The smallest absolute Gasteiger partial charge is 0.266 e. The van der Waals surface area contributed by atoms with Crippen molar-refractivity contribution in [1.82, 2.24) is 19.7 Å². The molecule has 0 radical (unpaired) electrons. The molecule has 0 aliphatic heterocycles. The highest BCUT2D eigenvalue weighted by Gasteiger charge is 2.27. The molecule has 2 aromatic carbocycles. The highest BCUT2D eigenvalue weighted by molar-refractivity contribution is 7.92. The number of rotatable bonds is 10. The lowest BCUT2D eigenvalue weighted by Gasteiger charge is -2.21. The second-order valence-electron chi connectivity index (χ2n) is 10.1. The molecule has 2 aromatic heterocycles. The van der Waals surface area contributed by atoms with Crippen molar-refractivity contribution in [3.8, 4) is 11.5 Å². The van der Waals surface area contributed by atoms with E-state index in [0.717, 1.165) is 17.4 Å². The Balaban J connectivity index is 1.64. The van der Waals surface area contributed by atoms with Gasteiger partial charge in [-0.2, -0.15) is 5.10 Å². The molecule has 0 atom stereocenters. The Morgan fingerprint density at radius 3 is 2.36 bits per heavy atom. The highest BCUT2D eigenvalue weighted by atomic mass is 32.2. The fourth-order valence-electron chi connectivity index (χ4n) is 3.93. The van der Waals surface area contributed by atoms with Gasteiger partial charge in [0.2, 0.25) is 10.0 Å². The molecule has 12 nitrogen and oxygen atoms in total. The average molecular weight is 578 g/mol. The Morgan fingerprint density at radius 2 is 1.72 bits per heavy atom. The summed E-state index contributed by atoms with van der Waals surface area (Å²) in [4.78, 5) is -0.0241. The van der Waals surface area contributed by atoms with E-state index in [1.807, 2.05) is 26.8 Å². The Labute approximate surface area is 227 Å². The van der Waals surface area contributed by atoms with Gasteiger partial charge in [0, 0.05) is 18.3 Å². The van der Waals surface area contributed by atoms with Gasteiger partial charge in [-0.15, -0.1) is 0 Å². The topological polar surface area (TPSA) is 155 Å². The molecule has 210 valence electrons. The lowest BCUT2D eigenvalue weighted by atomic mass is 9.87. The highest BCUT2D eigenvalue weighted by Crippen LogP contribution is 2.37. The van der Waals surface area contributed by atoms with E-state index in [9.17, 15) is 16.8 Å². The van der Waals surface area contributed by atoms with Crippen molar-refractivity contribution in [2.75, 3.05) is 25.2 Å². The summed E-state index contributed by atoms with van der Waals surface area (Å²) < 4.78 is 72.5. The number of benzene rings is 2. The maximum absolute atomic E-state index is 13.5. The van der Waals surface area contributed by atoms with Crippen molar-refractivity contribution >= 4 is 36.8 Å². The summed E-state index contributed by atoms with van der Waals surface area (Å²) in [5.74, 6) is 0.524. The first-order chi connectivity index (χ1) is 18.2. The summed E-state index contributed by atoms with van der Waals surface area (Å²) in [6.07, 6.45) is 4.37. The molecule has 0 amide bonds. The quantitative estimate of drug-likeness (QED) is 0.289. The number of fused-ring (bicyclic) bond motifs is 1. The maximum Gasteiger partial charge on any atom is 0.266 e. The number of aromatic nitrogens is 3. The van der Waals surface area contributed by atoms with E-state index in [0.29, 0.717) is 28.8 Å². The fourth-order valence-corrected chi connectivity index (χ4v) is 5.56. The summed E-state index contributed by atoms with van der Waals surface area (Å²) in [5.41, 5.74) is 2.29. The van der Waals surface area contributed by atoms with Gasteiger partial charge in [0.05, 0.1) is 33.2 Å². The van der Waals surface area contributed by atoms with E-state index in [2.05, 4.69) is 19.7 Å². The molecular formula is C25H31N5O7S2. The number of ether oxygens (including phenoxy) is 2. The largest absolute Gasteiger partial charge is 0.496 e. The van der Waals surface area contributed by atoms with Gasteiger partial charge in [-0.1, -0.05) is 32.0 Å². The predicted octanol–water partition coefficient (Wildman–Crippen LogP) is 3.24. The van der Waals surface area contributed by atoms with Crippen LogP contribution in [-0.2, 0) is 38.6 Å². The third-order valence-corrected chi connectivity index (χ3v) is 7.97. The zero-order valence-corrected chi connectivity index (χ0v) is 24.1. The first-order valence-electron chi connectivity index (χ1n) is 11.8. The van der Waals surface area contributed by atoms with E-state index in [4.69, 9.17) is 14.0 Å². The lowest BCUT2D eigenvalue weighted by Crippen LogP contribution is -2.20. The Hall–Kier alpha value is -3.62. The van der Waals surface area contributed by atoms with Crippen molar-refractivity contribution in [1.29, 1.82) is 0 Å². The zero-order chi connectivity index (χ0) is 28.6. The van der Waals surface area contributed by atoms with Crippen molar-refractivity contribution in [3.05, 3.63) is 59.4 Å². The number of sulfonamides is 2. The van der Waals surface area contributed by atoms with E-state index >= 15 is 0 Å². The van der Waals surface area contributed by atoms with E-state index < -0.39 is 20.0 Å². The molecule has 14 heteroatoms. The van der Waals surface area contributed by atoms with Gasteiger partial charge in [-0.25, -0.2) is 21.6 Å². The molecule has 0 aliphatic carbocycles. The molecular weight excluding hydrogens is 546 g/mol.